The summed E-state index contributed by atoms with van der Waals surface area (Å²) in [6.45, 7) is 16.8. The number of fused-ring (bicyclic) bond motifs is 1. The van der Waals surface area contributed by atoms with E-state index < -0.39 is 10.0 Å². The molecule has 3 aromatic rings. The third-order valence-corrected chi connectivity index (χ3v) is 8.67. The van der Waals surface area contributed by atoms with Gasteiger partial charge in [-0.1, -0.05) is 56.3 Å². The number of carbonyl (C=O) groups is 1. The van der Waals surface area contributed by atoms with Crippen molar-refractivity contribution in [3.05, 3.63) is 63.5 Å². The van der Waals surface area contributed by atoms with Crippen LogP contribution in [0.2, 0.25) is 0 Å². The molecule has 8 nitrogen and oxygen atoms in total. The average molecular weight is 651 g/mol. The minimum Gasteiger partial charge on any atom is -0.460 e. The number of nitrogens with zero attached hydrogens (tertiary/aromatic N) is 2. The summed E-state index contributed by atoms with van der Waals surface area (Å²) in [6.07, 6.45) is 3.43. The van der Waals surface area contributed by atoms with E-state index in [1.54, 1.807) is 6.20 Å². The van der Waals surface area contributed by atoms with Crippen molar-refractivity contribution in [2.75, 3.05) is 0 Å². The minimum absolute atomic E-state index is 0.0285. The van der Waals surface area contributed by atoms with Gasteiger partial charge in [0.1, 0.15) is 5.60 Å². The standard InChI is InChI=1S/C17H15BrN2O.C8H16O2.C6H13NO2S/c1-11(2)20-17(21)16(18)15(10-19-20)14-9-5-7-12-6-3-4-8-13(12)14;1-6(2)7(9)10-8(3,4)5;1-5(2)7-10(8,9)6-3-4-6/h3-11H,1-2H3;6H,1-5H3;5-7H,3-4H2,1-2H3. The van der Waals surface area contributed by atoms with Gasteiger partial charge in [-0.2, -0.15) is 5.10 Å². The maximum atomic E-state index is 12.4. The summed E-state index contributed by atoms with van der Waals surface area (Å²) in [5.41, 5.74) is 1.39. The van der Waals surface area contributed by atoms with E-state index in [0.29, 0.717) is 4.47 Å². The Hall–Kier alpha value is -2.56. The van der Waals surface area contributed by atoms with Crippen LogP contribution in [0.15, 0.2) is 57.9 Å². The zero-order valence-electron chi connectivity index (χ0n) is 25.6. The van der Waals surface area contributed by atoms with Crippen LogP contribution in [0.4, 0.5) is 0 Å². The maximum Gasteiger partial charge on any atom is 0.308 e. The van der Waals surface area contributed by atoms with Gasteiger partial charge < -0.3 is 4.74 Å². The summed E-state index contributed by atoms with van der Waals surface area (Å²) >= 11 is 3.45. The fourth-order valence-electron chi connectivity index (χ4n) is 3.68. The lowest BCUT2D eigenvalue weighted by Gasteiger charge is -2.20. The first kappa shape index (κ1) is 34.6. The van der Waals surface area contributed by atoms with Crippen molar-refractivity contribution < 1.29 is 17.9 Å². The highest BCUT2D eigenvalue weighted by Gasteiger charge is 2.35. The van der Waals surface area contributed by atoms with Crippen LogP contribution >= 0.6 is 15.9 Å². The predicted octanol–water partition coefficient (Wildman–Crippen LogP) is 6.87. The van der Waals surface area contributed by atoms with Gasteiger partial charge in [-0.15, -0.1) is 0 Å². The molecule has 2 aromatic carbocycles. The summed E-state index contributed by atoms with van der Waals surface area (Å²) in [5, 5.41) is 6.47. The highest BCUT2D eigenvalue weighted by atomic mass is 79.9. The Morgan fingerprint density at radius 2 is 1.59 bits per heavy atom. The minimum atomic E-state index is -2.94. The molecule has 1 aromatic heterocycles. The number of hydrogen-bond donors (Lipinski definition) is 1. The van der Waals surface area contributed by atoms with Crippen LogP contribution in [-0.4, -0.2) is 41.1 Å². The van der Waals surface area contributed by atoms with Crippen molar-refractivity contribution in [1.29, 1.82) is 0 Å². The molecule has 10 heteroatoms. The molecule has 0 spiro atoms. The lowest BCUT2D eigenvalue weighted by atomic mass is 10.00. The molecule has 41 heavy (non-hydrogen) atoms. The van der Waals surface area contributed by atoms with E-state index in [9.17, 15) is 18.0 Å². The number of nitrogens with one attached hydrogen (secondary N) is 1. The largest absolute Gasteiger partial charge is 0.460 e. The molecule has 1 N–H and O–H groups in total. The number of carbonyl (C=O) groups excluding carboxylic acids is 1. The van der Waals surface area contributed by atoms with Crippen LogP contribution in [0.5, 0.6) is 0 Å². The van der Waals surface area contributed by atoms with E-state index in [4.69, 9.17) is 4.74 Å². The molecule has 1 aliphatic carbocycles. The van der Waals surface area contributed by atoms with Gasteiger partial charge in [0.05, 0.1) is 27.9 Å². The maximum absolute atomic E-state index is 12.4. The molecule has 226 valence electrons. The highest BCUT2D eigenvalue weighted by molar-refractivity contribution is 9.10. The van der Waals surface area contributed by atoms with Gasteiger partial charge in [-0.25, -0.2) is 17.8 Å². The molecule has 0 amide bonds. The second-order valence-corrected chi connectivity index (χ2v) is 14.7. The Labute approximate surface area is 253 Å². The summed E-state index contributed by atoms with van der Waals surface area (Å²) in [7, 11) is -2.94. The van der Waals surface area contributed by atoms with Crippen molar-refractivity contribution in [3.63, 3.8) is 0 Å². The molecule has 1 saturated carbocycles. The lowest BCUT2D eigenvalue weighted by Crippen LogP contribution is -2.32. The van der Waals surface area contributed by atoms with Gasteiger partial charge in [-0.05, 0) is 93.6 Å². The fourth-order valence-corrected chi connectivity index (χ4v) is 5.79. The van der Waals surface area contributed by atoms with Crippen LogP contribution in [0.3, 0.4) is 0 Å². The number of aromatic nitrogens is 2. The normalized spacial score (nSPS) is 13.5. The summed E-state index contributed by atoms with van der Waals surface area (Å²) in [6, 6.07) is 14.3. The van der Waals surface area contributed by atoms with Crippen LogP contribution in [0, 0.1) is 5.92 Å². The monoisotopic (exact) mass is 649 g/mol. The first-order valence-electron chi connectivity index (χ1n) is 13.9. The molecular weight excluding hydrogens is 606 g/mol. The van der Waals surface area contributed by atoms with E-state index in [1.807, 2.05) is 86.6 Å². The van der Waals surface area contributed by atoms with Gasteiger partial charge in [0.2, 0.25) is 10.0 Å². The van der Waals surface area contributed by atoms with E-state index in [2.05, 4.69) is 43.9 Å². The fraction of sp³-hybridized carbons (Fsp3) is 0.516. The van der Waals surface area contributed by atoms with E-state index in [-0.39, 0.29) is 40.4 Å². The zero-order valence-corrected chi connectivity index (χ0v) is 28.0. The van der Waals surface area contributed by atoms with Gasteiger partial charge >= 0.3 is 5.97 Å². The molecule has 0 unspecified atom stereocenters. The number of sulfonamides is 1. The topological polar surface area (TPSA) is 107 Å². The van der Waals surface area contributed by atoms with Crippen LogP contribution in [-0.2, 0) is 19.6 Å². The summed E-state index contributed by atoms with van der Waals surface area (Å²) in [4.78, 5) is 23.3. The number of rotatable bonds is 6. The molecule has 4 rings (SSSR count). The smallest absolute Gasteiger partial charge is 0.308 e. The number of halogens is 1. The first-order chi connectivity index (χ1) is 18.9. The Morgan fingerprint density at radius 3 is 2.07 bits per heavy atom. The van der Waals surface area contributed by atoms with Gasteiger partial charge in [-0.3, -0.25) is 9.59 Å². The molecule has 1 aliphatic rings. The molecule has 0 aliphatic heterocycles. The van der Waals surface area contributed by atoms with E-state index in [0.717, 1.165) is 34.7 Å². The Bertz CT molecular complexity index is 1480. The lowest BCUT2D eigenvalue weighted by molar-refractivity contribution is -0.158. The Morgan fingerprint density at radius 1 is 1.00 bits per heavy atom. The molecule has 0 radical (unpaired) electrons. The molecule has 0 saturated heterocycles. The number of hydrogen-bond acceptors (Lipinski definition) is 6. The third kappa shape index (κ3) is 10.7. The quantitative estimate of drug-likeness (QED) is 0.292. The molecule has 1 fully saturated rings. The number of benzene rings is 2. The number of ether oxygens (including phenoxy) is 1. The van der Waals surface area contributed by atoms with E-state index >= 15 is 0 Å². The second kappa shape index (κ2) is 14.6. The Kier molecular flexibility index (Phi) is 12.3. The van der Waals surface area contributed by atoms with Crippen molar-refractivity contribution in [2.24, 2.45) is 5.92 Å². The van der Waals surface area contributed by atoms with E-state index in [1.165, 1.54) is 4.68 Å². The van der Waals surface area contributed by atoms with Gasteiger partial charge in [0.15, 0.2) is 0 Å². The number of esters is 1. The SMILES string of the molecule is CC(C)C(=O)OC(C)(C)C.CC(C)NS(=O)(=O)C1CC1.CC(C)n1ncc(-c2cccc3ccccc23)c(Br)c1=O. The summed E-state index contributed by atoms with van der Waals surface area (Å²) in [5.74, 6) is -0.160. The van der Waals surface area contributed by atoms with Gasteiger partial charge in [0.25, 0.3) is 5.56 Å². The van der Waals surface area contributed by atoms with Crippen LogP contribution < -0.4 is 10.3 Å². The van der Waals surface area contributed by atoms with Crippen LogP contribution in [0.25, 0.3) is 21.9 Å². The zero-order chi connectivity index (χ0) is 31.1. The van der Waals surface area contributed by atoms with Crippen molar-refractivity contribution in [1.82, 2.24) is 14.5 Å². The van der Waals surface area contributed by atoms with Crippen LogP contribution in [0.1, 0.15) is 81.2 Å². The van der Waals surface area contributed by atoms with Crippen molar-refractivity contribution >= 4 is 42.7 Å². The summed E-state index contributed by atoms with van der Waals surface area (Å²) < 4.78 is 31.8. The Balaban J connectivity index is 0.000000247. The molecule has 0 atom stereocenters. The predicted molar refractivity (Wildman–Crippen MR) is 170 cm³/mol. The average Bonchev–Trinajstić information content (AvgIpc) is 3.71. The third-order valence-electron chi connectivity index (χ3n) is 5.75. The van der Waals surface area contributed by atoms with Gasteiger partial charge in [0, 0.05) is 11.6 Å². The molecular formula is C31H44BrN3O5S. The first-order valence-corrected chi connectivity index (χ1v) is 16.3. The van der Waals surface area contributed by atoms with Crippen molar-refractivity contribution in [2.45, 2.75) is 98.1 Å². The molecule has 0 bridgehead atoms. The highest BCUT2D eigenvalue weighted by Crippen LogP contribution is 2.31. The van der Waals surface area contributed by atoms with Crippen molar-refractivity contribution in [3.8, 4) is 11.1 Å². The molecule has 1 heterocycles. The second-order valence-electron chi connectivity index (χ2n) is 11.9.